The van der Waals surface area contributed by atoms with E-state index in [1.54, 1.807) is 0 Å². The van der Waals surface area contributed by atoms with E-state index in [1.807, 2.05) is 0 Å². The van der Waals surface area contributed by atoms with Gasteiger partial charge < -0.3 is 101 Å². The van der Waals surface area contributed by atoms with Crippen molar-refractivity contribution in [1.29, 1.82) is 0 Å². The van der Waals surface area contributed by atoms with Crippen LogP contribution in [0.25, 0.3) is 0 Å². The molecule has 1 rings (SSSR count). The molecule has 35 nitrogen and oxygen atoms in total. The van der Waals surface area contributed by atoms with E-state index < -0.39 is 177 Å². The molecule has 1 heterocycles. The maximum absolute atomic E-state index is 13.5. The zero-order chi connectivity index (χ0) is 65.4. The van der Waals surface area contributed by atoms with Crippen molar-refractivity contribution in [2.24, 2.45) is 16.5 Å². The van der Waals surface area contributed by atoms with Crippen molar-refractivity contribution in [2.45, 2.75) is 147 Å². The average Bonchev–Trinajstić information content (AvgIpc) is 3.05. The van der Waals surface area contributed by atoms with E-state index in [4.69, 9.17) is 16.6 Å². The van der Waals surface area contributed by atoms with Crippen LogP contribution in [0.1, 0.15) is 104 Å². The van der Waals surface area contributed by atoms with Gasteiger partial charge in [0.05, 0.1) is 58.8 Å². The summed E-state index contributed by atoms with van der Waals surface area (Å²) >= 11 is 4.21. The summed E-state index contributed by atoms with van der Waals surface area (Å²) in [6, 6.07) is -10.1. The molecule has 490 valence electrons. The summed E-state index contributed by atoms with van der Waals surface area (Å²) in [5, 5.41) is 58.9. The number of nitrogens with one attached hydrogen (secondary N) is 13. The molecule has 0 unspecified atom stereocenters. The second-order valence-corrected chi connectivity index (χ2v) is 20.5. The van der Waals surface area contributed by atoms with E-state index in [9.17, 15) is 82.1 Å². The normalized spacial score (nSPS) is 14.5. The monoisotopic (exact) mass is 1260 g/mol. The smallest absolute Gasteiger partial charge is 0.325 e. The molecule has 87 heavy (non-hydrogen) atoms. The minimum absolute atomic E-state index is 0.0201. The van der Waals surface area contributed by atoms with Gasteiger partial charge in [0.15, 0.2) is 5.96 Å². The number of aliphatic imine (C=N–C) groups is 1. The molecule has 0 spiro atoms. The summed E-state index contributed by atoms with van der Waals surface area (Å²) in [6.07, 6.45) is 8.24. The van der Waals surface area contributed by atoms with Crippen molar-refractivity contribution in [3.8, 4) is 0 Å². The van der Waals surface area contributed by atoms with E-state index in [2.05, 4.69) is 86.7 Å². The van der Waals surface area contributed by atoms with Gasteiger partial charge >= 0.3 is 11.9 Å². The number of likely N-dealkylation sites (tertiary alicyclic amines) is 1. The van der Waals surface area contributed by atoms with Gasteiger partial charge in [0, 0.05) is 13.1 Å². The first-order chi connectivity index (χ1) is 41.2. The van der Waals surface area contributed by atoms with Crippen LogP contribution >= 0.6 is 12.6 Å². The van der Waals surface area contributed by atoms with Gasteiger partial charge in [0.25, 0.3) is 0 Å². The van der Waals surface area contributed by atoms with Gasteiger partial charge in [-0.1, -0.05) is 38.5 Å². The third kappa shape index (κ3) is 34.4. The minimum atomic E-state index is -1.91. The standard InChI is InChI=1S/C51H87N17O18S/c1-29(62-40(74)25-59-39(73)24-58-38(72)23-57-37(71)22-56-36(70)21-54-16-10-8-6-4-5-7-9-11-19-87)44(79)60-26-41(75)65-32(14-12-17-55-51(52)53)46(81)61-27-42(76)66-33(20-43(77)78)47(82)67-34(28-69)49(84)68-18-13-15-35(68)48(83)63-30(2)45(80)64-31(3)50(85)86/h29-35,54,69,87H,4-28H2,1-3H3,(H,56,70)(H,57,71)(H,58,72)(H,59,73)(H,60,79)(H,61,81)(H,62,74)(H,63,83)(H,64,80)(H,65,75)(H,66,76)(H,67,82)(H,77,78)(H,85,86)(H4,52,53,55)/t29-,30-,31-,32-,33-,34-,35-/m0/s1. The number of carbonyl (C=O) groups is 15. The third-order valence-electron chi connectivity index (χ3n) is 12.7. The van der Waals surface area contributed by atoms with E-state index in [1.165, 1.54) is 46.5 Å². The molecule has 1 aliphatic rings. The molecule has 7 atom stereocenters. The van der Waals surface area contributed by atoms with Gasteiger partial charge in [0.2, 0.25) is 76.8 Å². The Morgan fingerprint density at radius 2 is 1.00 bits per heavy atom. The van der Waals surface area contributed by atoms with Crippen LogP contribution in [-0.2, 0) is 71.9 Å². The topological polar surface area (TPSA) is 541 Å². The zero-order valence-electron chi connectivity index (χ0n) is 49.2. The maximum Gasteiger partial charge on any atom is 0.325 e. The van der Waals surface area contributed by atoms with Crippen molar-refractivity contribution in [1.82, 2.24) is 74.0 Å². The van der Waals surface area contributed by atoms with Crippen molar-refractivity contribution in [3.63, 3.8) is 0 Å². The predicted octanol–water partition coefficient (Wildman–Crippen LogP) is -8.11. The molecule has 0 aliphatic carbocycles. The lowest BCUT2D eigenvalue weighted by Gasteiger charge is -2.29. The highest BCUT2D eigenvalue weighted by atomic mass is 32.1. The lowest BCUT2D eigenvalue weighted by molar-refractivity contribution is -0.144. The number of aliphatic hydroxyl groups excluding tert-OH is 1. The molecule has 0 aromatic heterocycles. The highest BCUT2D eigenvalue weighted by Crippen LogP contribution is 2.19. The van der Waals surface area contributed by atoms with Crippen molar-refractivity contribution in [3.05, 3.63) is 0 Å². The quantitative estimate of drug-likeness (QED) is 0.0117. The Morgan fingerprint density at radius 1 is 0.517 bits per heavy atom. The Morgan fingerprint density at radius 3 is 1.53 bits per heavy atom. The van der Waals surface area contributed by atoms with Crippen LogP contribution < -0.4 is 80.6 Å². The number of hydrogen-bond acceptors (Lipinski definition) is 19. The summed E-state index contributed by atoms with van der Waals surface area (Å²) in [5.74, 6) is -13.6. The van der Waals surface area contributed by atoms with Crippen LogP contribution in [0, 0.1) is 0 Å². The molecule has 13 amide bonds. The number of guanidine groups is 1. The molecule has 1 aliphatic heterocycles. The molecule has 0 aromatic rings. The van der Waals surface area contributed by atoms with Gasteiger partial charge in [-0.2, -0.15) is 12.6 Å². The van der Waals surface area contributed by atoms with Crippen LogP contribution in [0.3, 0.4) is 0 Å². The van der Waals surface area contributed by atoms with Crippen LogP contribution in [0.2, 0.25) is 0 Å². The number of aliphatic hydroxyl groups is 1. The SMILES string of the molecule is C[C@H](NC(=O)[C@H](C)NC(=O)[C@@H]1CCCN1C(=O)[C@H](CO)NC(=O)[C@H](CC(=O)O)NC(=O)CNC(=O)[C@H](CCCN=C(N)N)NC(=O)CNC(=O)[C@H](C)NC(=O)CNC(=O)CNC(=O)CNC(=O)CNC(=O)CNCCCCCCCCCCS)C(=O)O. The number of carbonyl (C=O) groups excluding carboxylic acids is 13. The van der Waals surface area contributed by atoms with E-state index in [0.29, 0.717) is 6.54 Å². The first-order valence-corrected chi connectivity index (χ1v) is 29.0. The summed E-state index contributed by atoms with van der Waals surface area (Å²) in [5.41, 5.74) is 10.7. The van der Waals surface area contributed by atoms with Gasteiger partial charge in [-0.25, -0.2) is 0 Å². The fourth-order valence-corrected chi connectivity index (χ4v) is 8.17. The number of carboxylic acids is 2. The van der Waals surface area contributed by atoms with E-state index >= 15 is 0 Å². The van der Waals surface area contributed by atoms with Crippen molar-refractivity contribution < 1.29 is 87.2 Å². The van der Waals surface area contributed by atoms with Crippen LogP contribution in [-0.4, -0.2) is 235 Å². The second-order valence-electron chi connectivity index (χ2n) is 20.1. The molecule has 0 aromatic carbocycles. The molecule has 20 N–H and O–H groups in total. The van der Waals surface area contributed by atoms with E-state index in [0.717, 1.165) is 36.3 Å². The number of hydrogen-bond donors (Lipinski definition) is 19. The molecule has 1 fully saturated rings. The first-order valence-electron chi connectivity index (χ1n) is 28.3. The zero-order valence-corrected chi connectivity index (χ0v) is 50.1. The molecule has 0 radical (unpaired) electrons. The van der Waals surface area contributed by atoms with Gasteiger partial charge in [0.1, 0.15) is 42.3 Å². The molecular formula is C51H87N17O18S. The molecular weight excluding hydrogens is 1170 g/mol. The van der Waals surface area contributed by atoms with Gasteiger partial charge in [-0.05, 0) is 71.6 Å². The molecule has 36 heteroatoms. The fraction of sp³-hybridized carbons (Fsp3) is 0.686. The Labute approximate surface area is 507 Å². The fourth-order valence-electron chi connectivity index (χ4n) is 7.94. The number of aliphatic carboxylic acids is 2. The number of thiol groups is 1. The Bertz CT molecular complexity index is 2400. The number of nitrogens with two attached hydrogens (primary N) is 2. The summed E-state index contributed by atoms with van der Waals surface area (Å²) in [6.45, 7) is -0.495. The summed E-state index contributed by atoms with van der Waals surface area (Å²) in [7, 11) is 0. The lowest BCUT2D eigenvalue weighted by Crippen LogP contribution is -2.59. The summed E-state index contributed by atoms with van der Waals surface area (Å²) < 4.78 is 0. The minimum Gasteiger partial charge on any atom is -0.481 e. The molecule has 0 bridgehead atoms. The number of carboxylic acid groups (broad SMARTS) is 2. The average molecular weight is 1260 g/mol. The number of rotatable bonds is 44. The number of nitrogens with zero attached hydrogens (tertiary/aromatic N) is 2. The second kappa shape index (κ2) is 43.2. The van der Waals surface area contributed by atoms with Gasteiger partial charge in [-0.15, -0.1) is 0 Å². The maximum atomic E-state index is 13.5. The molecule has 1 saturated heterocycles. The largest absolute Gasteiger partial charge is 0.481 e. The number of amides is 13. The Hall–Kier alpha value is -8.41. The van der Waals surface area contributed by atoms with Crippen molar-refractivity contribution >= 4 is 107 Å². The highest BCUT2D eigenvalue weighted by molar-refractivity contribution is 7.80. The lowest BCUT2D eigenvalue weighted by atomic mass is 10.1. The predicted molar refractivity (Wildman–Crippen MR) is 312 cm³/mol. The van der Waals surface area contributed by atoms with Crippen molar-refractivity contribution in [2.75, 3.05) is 77.8 Å². The Kier molecular flexibility index (Phi) is 38.1. The Balaban J connectivity index is 2.65. The summed E-state index contributed by atoms with van der Waals surface area (Å²) in [4.78, 5) is 193. The van der Waals surface area contributed by atoms with Crippen LogP contribution in [0.15, 0.2) is 4.99 Å². The third-order valence-corrected chi connectivity index (χ3v) is 13.0. The first kappa shape index (κ1) is 76.6. The molecule has 0 saturated carbocycles. The highest BCUT2D eigenvalue weighted by Gasteiger charge is 2.39. The van der Waals surface area contributed by atoms with Crippen LogP contribution in [0.4, 0.5) is 0 Å². The van der Waals surface area contributed by atoms with Crippen LogP contribution in [0.5, 0.6) is 0 Å². The van der Waals surface area contributed by atoms with E-state index in [-0.39, 0.29) is 57.8 Å². The van der Waals surface area contributed by atoms with Gasteiger partial charge in [-0.3, -0.25) is 76.9 Å². The number of unbranched alkanes of at least 4 members (excludes halogenated alkanes) is 7.